The zero-order valence-electron chi connectivity index (χ0n) is 31.9. The first kappa shape index (κ1) is 39.2. The lowest BCUT2D eigenvalue weighted by molar-refractivity contribution is -0.306. The third kappa shape index (κ3) is 7.42. The summed E-state index contributed by atoms with van der Waals surface area (Å²) in [7, 11) is 0. The lowest BCUT2D eigenvalue weighted by Crippen LogP contribution is -2.64. The summed E-state index contributed by atoms with van der Waals surface area (Å²) in [5, 5.41) is 35.8. The number of rotatable bonds is 12. The molecule has 0 spiro atoms. The Morgan fingerprint density at radius 1 is 1.17 bits per heavy atom. The van der Waals surface area contributed by atoms with Crippen molar-refractivity contribution in [2.75, 3.05) is 6.61 Å². The van der Waals surface area contributed by atoms with Gasteiger partial charge in [-0.1, -0.05) is 69.8 Å². The van der Waals surface area contributed by atoms with E-state index in [1.54, 1.807) is 51.1 Å². The van der Waals surface area contributed by atoms with Crippen molar-refractivity contribution in [3.8, 4) is 29.4 Å². The number of phenolic OH excluding ortho intramolecular Hbond substituents is 1. The number of aromatic hydroxyl groups is 1. The molecule has 3 aromatic rings. The summed E-state index contributed by atoms with van der Waals surface area (Å²) in [6.45, 7) is 11.6. The van der Waals surface area contributed by atoms with Crippen molar-refractivity contribution < 1.29 is 39.1 Å². The fourth-order valence-electron chi connectivity index (χ4n) is 7.68. The van der Waals surface area contributed by atoms with E-state index in [2.05, 4.69) is 47.5 Å². The van der Waals surface area contributed by atoms with E-state index in [1.165, 1.54) is 12.3 Å². The van der Waals surface area contributed by atoms with Crippen LogP contribution in [0.5, 0.6) is 5.75 Å². The minimum absolute atomic E-state index is 0.0923. The molecule has 0 saturated carbocycles. The van der Waals surface area contributed by atoms with Crippen molar-refractivity contribution in [2.45, 2.75) is 116 Å². The SMILES string of the molecule is CC/C=C1\C2=C(C)C(=O)C[C@@]1(O)C#C/C=C\C#C[C@@H]2OC1OC(C)C(C)(C(=O)c2nccc3c2[nH]c2ccc(O)cc23)C(O)C1OCCCCCC(C)C. The van der Waals surface area contributed by atoms with E-state index >= 15 is 0 Å². The number of nitrogens with zero attached hydrogens (tertiary/aromatic N) is 1. The number of pyridine rings is 1. The number of benzene rings is 1. The number of ether oxygens (including phenoxy) is 3. The van der Waals surface area contributed by atoms with Gasteiger partial charge in [-0.05, 0) is 87.1 Å². The van der Waals surface area contributed by atoms with E-state index in [9.17, 15) is 24.9 Å². The quantitative estimate of drug-likeness (QED) is 0.0913. The summed E-state index contributed by atoms with van der Waals surface area (Å²) in [5.74, 6) is 11.7. The maximum atomic E-state index is 14.8. The van der Waals surface area contributed by atoms with Crippen molar-refractivity contribution in [3.63, 3.8) is 0 Å². The molecule has 7 atom stereocenters. The Morgan fingerprint density at radius 3 is 2.70 bits per heavy atom. The summed E-state index contributed by atoms with van der Waals surface area (Å²) in [6.07, 6.45) is 4.74. The number of aromatic nitrogens is 2. The summed E-state index contributed by atoms with van der Waals surface area (Å²) in [5.41, 5.74) is -0.747. The summed E-state index contributed by atoms with van der Waals surface area (Å²) in [4.78, 5) is 35.9. The molecule has 4 N–H and O–H groups in total. The van der Waals surface area contributed by atoms with Crippen LogP contribution in [0.15, 0.2) is 65.4 Å². The molecule has 284 valence electrons. The van der Waals surface area contributed by atoms with E-state index in [4.69, 9.17) is 14.2 Å². The number of unbranched alkanes of at least 4 members (excludes halogenated alkanes) is 2. The molecule has 10 nitrogen and oxygen atoms in total. The second-order valence-corrected chi connectivity index (χ2v) is 15.2. The van der Waals surface area contributed by atoms with Gasteiger partial charge in [0, 0.05) is 34.7 Å². The largest absolute Gasteiger partial charge is 0.508 e. The van der Waals surface area contributed by atoms with Crippen LogP contribution in [-0.4, -0.2) is 79.8 Å². The van der Waals surface area contributed by atoms with Gasteiger partial charge in [-0.25, -0.2) is 0 Å². The summed E-state index contributed by atoms with van der Waals surface area (Å²) < 4.78 is 19.7. The number of Topliss-reactive ketones (excluding diaryl/α,β-unsaturated/α-hetero) is 2. The topological polar surface area (TPSA) is 151 Å². The number of fused-ring (bicyclic) bond motifs is 5. The van der Waals surface area contributed by atoms with E-state index in [1.807, 2.05) is 13.0 Å². The van der Waals surface area contributed by atoms with Crippen LogP contribution in [0, 0.1) is 35.0 Å². The first-order valence-electron chi connectivity index (χ1n) is 18.9. The highest BCUT2D eigenvalue weighted by Crippen LogP contribution is 2.44. The molecule has 2 bridgehead atoms. The Labute approximate surface area is 316 Å². The van der Waals surface area contributed by atoms with Crippen LogP contribution in [0.25, 0.3) is 21.8 Å². The van der Waals surface area contributed by atoms with Crippen molar-refractivity contribution in [1.29, 1.82) is 0 Å². The fraction of sp³-hybridized carbons (Fsp3) is 0.477. The van der Waals surface area contributed by atoms with Crippen LogP contribution < -0.4 is 0 Å². The van der Waals surface area contributed by atoms with Gasteiger partial charge in [-0.3, -0.25) is 14.6 Å². The number of ketones is 2. The molecule has 6 rings (SSSR count). The number of carbonyl (C=O) groups excluding carboxylic acids is 2. The van der Waals surface area contributed by atoms with Gasteiger partial charge < -0.3 is 34.5 Å². The van der Waals surface area contributed by atoms with E-state index in [0.717, 1.165) is 30.2 Å². The predicted molar refractivity (Wildman–Crippen MR) is 206 cm³/mol. The number of aliphatic hydroxyl groups is 2. The summed E-state index contributed by atoms with van der Waals surface area (Å²) >= 11 is 0. The number of carbonyl (C=O) groups is 2. The van der Waals surface area contributed by atoms with Gasteiger partial charge in [-0.15, -0.1) is 0 Å². The maximum absolute atomic E-state index is 14.8. The number of hydrogen-bond acceptors (Lipinski definition) is 9. The molecule has 3 heterocycles. The molecule has 0 amide bonds. The highest BCUT2D eigenvalue weighted by molar-refractivity contribution is 6.16. The lowest BCUT2D eigenvalue weighted by Gasteiger charge is -2.49. The lowest BCUT2D eigenvalue weighted by atomic mass is 9.70. The molecule has 54 heavy (non-hydrogen) atoms. The predicted octanol–water partition coefficient (Wildman–Crippen LogP) is 6.64. The number of phenols is 1. The monoisotopic (exact) mass is 734 g/mol. The number of allylic oxidation sites excluding steroid dienone is 4. The molecule has 2 aliphatic carbocycles. The highest BCUT2D eigenvalue weighted by Gasteiger charge is 2.58. The van der Waals surface area contributed by atoms with Gasteiger partial charge in [0.15, 0.2) is 23.5 Å². The van der Waals surface area contributed by atoms with Crippen molar-refractivity contribution in [3.05, 3.63) is 71.1 Å². The number of aliphatic hydroxyl groups excluding tert-OH is 1. The fourth-order valence-corrected chi connectivity index (χ4v) is 7.68. The first-order chi connectivity index (χ1) is 25.8. The Hall–Kier alpha value is -4.55. The Morgan fingerprint density at radius 2 is 1.94 bits per heavy atom. The molecule has 1 saturated heterocycles. The molecule has 0 radical (unpaired) electrons. The third-order valence-electron chi connectivity index (χ3n) is 11.0. The van der Waals surface area contributed by atoms with Crippen molar-refractivity contribution >= 4 is 33.4 Å². The molecule has 1 aliphatic heterocycles. The molecule has 3 aliphatic rings. The molecule has 5 unspecified atom stereocenters. The summed E-state index contributed by atoms with van der Waals surface area (Å²) in [6, 6.07) is 6.70. The van der Waals surface area contributed by atoms with Crippen LogP contribution in [0.2, 0.25) is 0 Å². The third-order valence-corrected chi connectivity index (χ3v) is 11.0. The van der Waals surface area contributed by atoms with Crippen molar-refractivity contribution in [2.24, 2.45) is 11.3 Å². The number of H-pyrrole nitrogens is 1. The number of aromatic amines is 1. The van der Waals surface area contributed by atoms with Gasteiger partial charge >= 0.3 is 0 Å². The molecule has 1 aromatic carbocycles. The number of nitrogens with one attached hydrogen (secondary N) is 1. The average molecular weight is 735 g/mol. The highest BCUT2D eigenvalue weighted by atomic mass is 16.7. The van der Waals surface area contributed by atoms with Gasteiger partial charge in [-0.2, -0.15) is 0 Å². The molecule has 10 heteroatoms. The van der Waals surface area contributed by atoms with Crippen LogP contribution in [0.1, 0.15) is 90.6 Å². The maximum Gasteiger partial charge on any atom is 0.194 e. The van der Waals surface area contributed by atoms with Gasteiger partial charge in [0.05, 0.1) is 23.5 Å². The van der Waals surface area contributed by atoms with Crippen LogP contribution in [0.3, 0.4) is 0 Å². The Bertz CT molecular complexity index is 2160. The van der Waals surface area contributed by atoms with Crippen LogP contribution >= 0.6 is 0 Å². The van der Waals surface area contributed by atoms with Gasteiger partial charge in [0.25, 0.3) is 0 Å². The second kappa shape index (κ2) is 16.0. The van der Waals surface area contributed by atoms with Gasteiger partial charge in [0.1, 0.15) is 29.8 Å². The smallest absolute Gasteiger partial charge is 0.194 e. The van der Waals surface area contributed by atoms with E-state index in [-0.39, 0.29) is 30.3 Å². The minimum Gasteiger partial charge on any atom is -0.508 e. The van der Waals surface area contributed by atoms with Crippen LogP contribution in [-0.2, 0) is 19.0 Å². The standard InChI is InChI=1S/C44H50N2O8/c1-7-15-32-36-27(4)34(48)25-44(32,51)21-13-9-8-12-17-35(36)54-42-39(52-23-14-10-11-16-26(2)3)41(50)43(6,28(5)53-42)40(49)38-37-30(20-22-45-38)31-24-29(47)18-19-33(31)46-37/h8-9,15,18-20,22,24,26,28,35,39,41-42,46-47,50-51H,7,10-11,14,16,23,25H2,1-6H3/b9-8-,32-15+/t28?,35-,39?,41?,42?,43?,44-/m0/s1. The molecule has 2 aromatic heterocycles. The minimum atomic E-state index is -1.75. The first-order valence-corrected chi connectivity index (χ1v) is 18.9. The van der Waals surface area contributed by atoms with E-state index < -0.39 is 47.5 Å². The van der Waals surface area contributed by atoms with Gasteiger partial charge in [0.2, 0.25) is 0 Å². The second-order valence-electron chi connectivity index (χ2n) is 15.2. The zero-order valence-corrected chi connectivity index (χ0v) is 31.9. The Kier molecular flexibility index (Phi) is 11.6. The average Bonchev–Trinajstić information content (AvgIpc) is 3.50. The normalized spacial score (nSPS) is 29.6. The molecular weight excluding hydrogens is 684 g/mol. The Balaban J connectivity index is 1.38. The molecule has 1 fully saturated rings. The van der Waals surface area contributed by atoms with Crippen molar-refractivity contribution in [1.82, 2.24) is 9.97 Å². The van der Waals surface area contributed by atoms with Crippen LogP contribution in [0.4, 0.5) is 0 Å². The van der Waals surface area contributed by atoms with E-state index in [0.29, 0.717) is 46.4 Å². The number of hydrogen-bond donors (Lipinski definition) is 4. The zero-order chi connectivity index (χ0) is 38.8. The molecular formula is C44H50N2O8.